The van der Waals surface area contributed by atoms with Crippen LogP contribution < -0.4 is 5.32 Å². The van der Waals surface area contributed by atoms with Gasteiger partial charge in [-0.15, -0.1) is 0 Å². The number of nitrogens with zero attached hydrogens (tertiary/aromatic N) is 4. The quantitative estimate of drug-likeness (QED) is 0.922. The highest BCUT2D eigenvalue weighted by molar-refractivity contribution is 5.55. The first-order chi connectivity index (χ1) is 9.80. The molecule has 1 N–H and O–H groups in total. The van der Waals surface area contributed by atoms with E-state index in [9.17, 15) is 5.26 Å². The number of aromatic nitrogens is 3. The van der Waals surface area contributed by atoms with E-state index in [1.807, 2.05) is 23.1 Å². The number of fused-ring (bicyclic) bond motifs is 1. The molecule has 1 aliphatic rings. The molecular weight excluding hydrogens is 250 g/mol. The van der Waals surface area contributed by atoms with Crippen molar-refractivity contribution in [2.45, 2.75) is 39.3 Å². The van der Waals surface area contributed by atoms with Gasteiger partial charge in [0.15, 0.2) is 0 Å². The first-order valence-electron chi connectivity index (χ1n) is 6.98. The van der Waals surface area contributed by atoms with Gasteiger partial charge in [0.1, 0.15) is 11.9 Å². The second kappa shape index (κ2) is 5.33. The zero-order valence-electron chi connectivity index (χ0n) is 11.6. The number of hydrogen-bond acceptors (Lipinski definition) is 4. The molecule has 0 amide bonds. The summed E-state index contributed by atoms with van der Waals surface area (Å²) >= 11 is 0. The lowest BCUT2D eigenvalue weighted by atomic mass is 10.1. The molecule has 3 rings (SSSR count). The third-order valence-electron chi connectivity index (χ3n) is 3.64. The summed E-state index contributed by atoms with van der Waals surface area (Å²) in [7, 11) is 0. The van der Waals surface area contributed by atoms with Gasteiger partial charge in [-0.3, -0.25) is 4.68 Å². The summed E-state index contributed by atoms with van der Waals surface area (Å²) in [6, 6.07) is 4.21. The van der Waals surface area contributed by atoms with Crippen molar-refractivity contribution < 1.29 is 0 Å². The molecule has 0 unspecified atom stereocenters. The van der Waals surface area contributed by atoms with Gasteiger partial charge in [0, 0.05) is 30.5 Å². The molecule has 0 radical (unpaired) electrons. The van der Waals surface area contributed by atoms with Crippen LogP contribution in [0.25, 0.3) is 0 Å². The zero-order valence-corrected chi connectivity index (χ0v) is 11.6. The van der Waals surface area contributed by atoms with E-state index in [-0.39, 0.29) is 0 Å². The lowest BCUT2D eigenvalue weighted by molar-refractivity contribution is 0.659. The lowest BCUT2D eigenvalue weighted by Crippen LogP contribution is -2.05. The van der Waals surface area contributed by atoms with Crippen LogP contribution >= 0.6 is 0 Å². The first-order valence-corrected chi connectivity index (χ1v) is 6.98. The molecule has 0 saturated carbocycles. The number of rotatable bonds is 4. The SMILES string of the molecule is CCn1cc(CNc2nc3c(cc2C#N)CCC3)cn1. The standard InChI is InChI=1S/C15H17N5/c1-2-20-10-11(9-18-20)8-17-15-13(7-16)6-12-4-3-5-14(12)19-15/h6,9-10H,2-5,8H2,1H3,(H,17,19). The summed E-state index contributed by atoms with van der Waals surface area (Å²) in [5, 5.41) is 16.7. The fourth-order valence-corrected chi connectivity index (χ4v) is 2.55. The molecule has 2 aromatic heterocycles. The first kappa shape index (κ1) is 12.7. The van der Waals surface area contributed by atoms with Gasteiger partial charge < -0.3 is 5.32 Å². The van der Waals surface area contributed by atoms with Crippen molar-refractivity contribution in [1.82, 2.24) is 14.8 Å². The molecule has 0 spiro atoms. The van der Waals surface area contributed by atoms with Crippen LogP contribution in [0.1, 0.15) is 35.7 Å². The monoisotopic (exact) mass is 267 g/mol. The topological polar surface area (TPSA) is 66.5 Å². The van der Waals surface area contributed by atoms with Crippen LogP contribution in [0.4, 0.5) is 5.82 Å². The highest BCUT2D eigenvalue weighted by Crippen LogP contribution is 2.25. The lowest BCUT2D eigenvalue weighted by Gasteiger charge is -2.08. The minimum Gasteiger partial charge on any atom is -0.365 e. The Balaban J connectivity index is 1.78. The Morgan fingerprint density at radius 2 is 2.35 bits per heavy atom. The van der Waals surface area contributed by atoms with Gasteiger partial charge in [0.25, 0.3) is 0 Å². The molecular formula is C15H17N5. The van der Waals surface area contributed by atoms with E-state index >= 15 is 0 Å². The van der Waals surface area contributed by atoms with Crippen molar-refractivity contribution in [2.75, 3.05) is 5.32 Å². The predicted molar refractivity (Wildman–Crippen MR) is 76.2 cm³/mol. The largest absolute Gasteiger partial charge is 0.365 e. The molecule has 0 aromatic carbocycles. The number of aryl methyl sites for hydroxylation is 3. The number of hydrogen-bond donors (Lipinski definition) is 1. The van der Waals surface area contributed by atoms with Crippen LogP contribution in [0, 0.1) is 11.3 Å². The van der Waals surface area contributed by atoms with Crippen LogP contribution in [0.15, 0.2) is 18.5 Å². The van der Waals surface area contributed by atoms with Crippen LogP contribution in [-0.2, 0) is 25.9 Å². The third-order valence-corrected chi connectivity index (χ3v) is 3.64. The summed E-state index contributed by atoms with van der Waals surface area (Å²) < 4.78 is 1.89. The number of nitrogens with one attached hydrogen (secondary N) is 1. The van der Waals surface area contributed by atoms with Crippen molar-refractivity contribution >= 4 is 5.82 Å². The minimum atomic E-state index is 0.633. The van der Waals surface area contributed by atoms with E-state index < -0.39 is 0 Å². The van der Waals surface area contributed by atoms with E-state index in [1.165, 1.54) is 5.56 Å². The van der Waals surface area contributed by atoms with Gasteiger partial charge in [-0.25, -0.2) is 4.98 Å². The Kier molecular flexibility index (Phi) is 3.38. The molecule has 0 atom stereocenters. The van der Waals surface area contributed by atoms with Gasteiger partial charge >= 0.3 is 0 Å². The Morgan fingerprint density at radius 1 is 1.45 bits per heavy atom. The second-order valence-electron chi connectivity index (χ2n) is 5.01. The molecule has 2 heterocycles. The Morgan fingerprint density at radius 3 is 3.10 bits per heavy atom. The van der Waals surface area contributed by atoms with Crippen LogP contribution in [0.2, 0.25) is 0 Å². The normalized spacial score (nSPS) is 13.0. The van der Waals surface area contributed by atoms with Crippen LogP contribution in [0.5, 0.6) is 0 Å². The average Bonchev–Trinajstić information content (AvgIpc) is 3.12. The summed E-state index contributed by atoms with van der Waals surface area (Å²) in [6.45, 7) is 3.56. The summed E-state index contributed by atoms with van der Waals surface area (Å²) in [5.74, 6) is 0.692. The van der Waals surface area contributed by atoms with E-state index in [4.69, 9.17) is 0 Å². The van der Waals surface area contributed by atoms with Crippen molar-refractivity contribution in [3.05, 3.63) is 40.8 Å². The molecule has 0 bridgehead atoms. The Bertz CT molecular complexity index is 665. The molecule has 0 aliphatic heterocycles. The molecule has 5 heteroatoms. The van der Waals surface area contributed by atoms with Gasteiger partial charge in [-0.2, -0.15) is 10.4 Å². The predicted octanol–water partition coefficient (Wildman–Crippen LogP) is 2.27. The highest BCUT2D eigenvalue weighted by Gasteiger charge is 2.16. The zero-order chi connectivity index (χ0) is 13.9. The third kappa shape index (κ3) is 2.37. The molecule has 1 aliphatic carbocycles. The van der Waals surface area contributed by atoms with Crippen molar-refractivity contribution in [1.29, 1.82) is 5.26 Å². The fourth-order valence-electron chi connectivity index (χ4n) is 2.55. The average molecular weight is 267 g/mol. The summed E-state index contributed by atoms with van der Waals surface area (Å²) in [5.41, 5.74) is 4.09. The molecule has 0 fully saturated rings. The molecule has 102 valence electrons. The van der Waals surface area contributed by atoms with Gasteiger partial charge in [0.05, 0.1) is 11.8 Å². The van der Waals surface area contributed by atoms with Gasteiger partial charge in [-0.05, 0) is 37.8 Å². The molecule has 5 nitrogen and oxygen atoms in total. The maximum absolute atomic E-state index is 9.24. The van der Waals surface area contributed by atoms with Gasteiger partial charge in [0.2, 0.25) is 0 Å². The van der Waals surface area contributed by atoms with Crippen molar-refractivity contribution in [2.24, 2.45) is 0 Å². The highest BCUT2D eigenvalue weighted by atomic mass is 15.3. The summed E-state index contributed by atoms with van der Waals surface area (Å²) in [4.78, 5) is 4.61. The Hall–Kier alpha value is -2.35. The summed E-state index contributed by atoms with van der Waals surface area (Å²) in [6.07, 6.45) is 7.05. The molecule has 2 aromatic rings. The fraction of sp³-hybridized carbons (Fsp3) is 0.400. The van der Waals surface area contributed by atoms with E-state index in [2.05, 4.69) is 28.4 Å². The molecule has 0 saturated heterocycles. The van der Waals surface area contributed by atoms with Crippen LogP contribution in [-0.4, -0.2) is 14.8 Å². The Labute approximate surface area is 118 Å². The van der Waals surface area contributed by atoms with Crippen LogP contribution in [0.3, 0.4) is 0 Å². The van der Waals surface area contributed by atoms with Gasteiger partial charge in [-0.1, -0.05) is 0 Å². The maximum Gasteiger partial charge on any atom is 0.144 e. The van der Waals surface area contributed by atoms with Crippen molar-refractivity contribution in [3.8, 4) is 6.07 Å². The second-order valence-corrected chi connectivity index (χ2v) is 5.01. The van der Waals surface area contributed by atoms with E-state index in [0.29, 0.717) is 17.9 Å². The van der Waals surface area contributed by atoms with E-state index in [0.717, 1.165) is 37.1 Å². The number of nitriles is 1. The maximum atomic E-state index is 9.24. The minimum absolute atomic E-state index is 0.633. The molecule has 20 heavy (non-hydrogen) atoms. The number of pyridine rings is 1. The van der Waals surface area contributed by atoms with Crippen molar-refractivity contribution in [3.63, 3.8) is 0 Å². The van der Waals surface area contributed by atoms with E-state index in [1.54, 1.807) is 0 Å². The number of anilines is 1. The smallest absolute Gasteiger partial charge is 0.144 e.